The molecule has 2 unspecified atom stereocenters. The molecule has 4 N–H and O–H groups in total. The summed E-state index contributed by atoms with van der Waals surface area (Å²) in [5.74, 6) is 1.93. The van der Waals surface area contributed by atoms with Crippen molar-refractivity contribution in [1.82, 2.24) is 10.6 Å². The number of hydrogen-bond donors (Lipinski definition) is 4. The Morgan fingerprint density at radius 2 is 0.744 bits per heavy atom. The lowest BCUT2D eigenvalue weighted by atomic mass is 9.88. The van der Waals surface area contributed by atoms with E-state index in [-0.39, 0.29) is 23.2 Å². The second-order valence-electron chi connectivity index (χ2n) is 16.1. The molecule has 244 valence electrons. The first kappa shape index (κ1) is 37.1. The summed E-state index contributed by atoms with van der Waals surface area (Å²) in [6, 6.07) is 13.6. The SMILES string of the molecule is CC(C)c1cccc(C(C)C)c1NC(NCCCCCNC(Nc1c(C(C)C)cccc1C(C)C)C(C)(C)C)C(C)(C)C. The molecule has 0 bridgehead atoms. The molecule has 0 heterocycles. The van der Waals surface area contributed by atoms with Gasteiger partial charge in [0.15, 0.2) is 0 Å². The monoisotopic (exact) mass is 593 g/mol. The van der Waals surface area contributed by atoms with Gasteiger partial charge in [-0.2, -0.15) is 0 Å². The summed E-state index contributed by atoms with van der Waals surface area (Å²) in [4.78, 5) is 0. The molecule has 0 aromatic heterocycles. The van der Waals surface area contributed by atoms with Crippen LogP contribution in [-0.4, -0.2) is 25.4 Å². The van der Waals surface area contributed by atoms with Crippen molar-refractivity contribution in [2.75, 3.05) is 23.7 Å². The Bertz CT molecular complexity index is 961. The van der Waals surface area contributed by atoms with Crippen LogP contribution in [0.3, 0.4) is 0 Å². The van der Waals surface area contributed by atoms with Gasteiger partial charge in [0.25, 0.3) is 0 Å². The van der Waals surface area contributed by atoms with Gasteiger partial charge >= 0.3 is 0 Å². The maximum absolute atomic E-state index is 3.97. The van der Waals surface area contributed by atoms with Crippen molar-refractivity contribution in [3.8, 4) is 0 Å². The number of benzene rings is 2. The van der Waals surface area contributed by atoms with Crippen molar-refractivity contribution in [1.29, 1.82) is 0 Å². The normalized spacial score (nSPS) is 14.2. The molecule has 2 aromatic rings. The highest BCUT2D eigenvalue weighted by Crippen LogP contribution is 2.36. The minimum absolute atomic E-state index is 0.0899. The van der Waals surface area contributed by atoms with E-state index in [9.17, 15) is 0 Å². The average Bonchev–Trinajstić information content (AvgIpc) is 2.89. The molecule has 0 amide bonds. The third-order valence-corrected chi connectivity index (χ3v) is 8.61. The van der Waals surface area contributed by atoms with Crippen LogP contribution in [0.5, 0.6) is 0 Å². The van der Waals surface area contributed by atoms with Gasteiger partial charge in [-0.15, -0.1) is 0 Å². The van der Waals surface area contributed by atoms with Gasteiger partial charge < -0.3 is 10.6 Å². The Kier molecular flexibility index (Phi) is 14.1. The summed E-state index contributed by atoms with van der Waals surface area (Å²) in [6.45, 7) is 34.4. The lowest BCUT2D eigenvalue weighted by Gasteiger charge is -2.36. The standard InChI is InChI=1S/C39H68N4/c1-26(2)30-20-18-21-31(27(3)4)34(30)42-36(38(9,10)11)40-24-16-15-17-25-41-37(39(12,13)14)43-35-32(28(5)6)22-19-23-33(35)29(7)8/h18-23,26-29,36-37,40-43H,15-17,24-25H2,1-14H3. The summed E-state index contributed by atoms with van der Waals surface area (Å²) < 4.78 is 0. The van der Waals surface area contributed by atoms with E-state index >= 15 is 0 Å². The lowest BCUT2D eigenvalue weighted by Crippen LogP contribution is -2.47. The highest BCUT2D eigenvalue weighted by atomic mass is 15.1. The zero-order chi connectivity index (χ0) is 32.5. The number of anilines is 2. The van der Waals surface area contributed by atoms with Crippen molar-refractivity contribution in [3.05, 3.63) is 58.7 Å². The quantitative estimate of drug-likeness (QED) is 0.116. The summed E-state index contributed by atoms with van der Waals surface area (Å²) >= 11 is 0. The first-order chi connectivity index (χ1) is 19.9. The van der Waals surface area contributed by atoms with Crippen LogP contribution >= 0.6 is 0 Å². The van der Waals surface area contributed by atoms with Crippen LogP contribution in [-0.2, 0) is 0 Å². The maximum atomic E-state index is 3.97. The molecule has 0 aliphatic heterocycles. The molecular formula is C39H68N4. The third kappa shape index (κ3) is 11.1. The van der Waals surface area contributed by atoms with Crippen molar-refractivity contribution < 1.29 is 0 Å². The van der Waals surface area contributed by atoms with Gasteiger partial charge in [0.1, 0.15) is 0 Å². The predicted octanol–water partition coefficient (Wildman–Crippen LogP) is 10.8. The highest BCUT2D eigenvalue weighted by molar-refractivity contribution is 5.61. The van der Waals surface area contributed by atoms with E-state index in [1.165, 1.54) is 52.9 Å². The van der Waals surface area contributed by atoms with E-state index in [0.29, 0.717) is 23.7 Å². The highest BCUT2D eigenvalue weighted by Gasteiger charge is 2.28. The van der Waals surface area contributed by atoms with Gasteiger partial charge in [-0.05, 0) is 82.7 Å². The van der Waals surface area contributed by atoms with Crippen molar-refractivity contribution in [2.24, 2.45) is 10.8 Å². The molecule has 0 radical (unpaired) electrons. The first-order valence-corrected chi connectivity index (χ1v) is 17.2. The maximum Gasteiger partial charge on any atom is 0.0817 e. The molecular weight excluding hydrogens is 524 g/mol. The Labute approximate surface area is 267 Å². The fourth-order valence-corrected chi connectivity index (χ4v) is 5.79. The van der Waals surface area contributed by atoms with E-state index in [0.717, 1.165) is 13.1 Å². The largest absolute Gasteiger partial charge is 0.369 e. The smallest absolute Gasteiger partial charge is 0.0817 e. The molecule has 0 spiro atoms. The molecule has 0 aliphatic carbocycles. The van der Waals surface area contributed by atoms with Gasteiger partial charge in [0, 0.05) is 11.4 Å². The topological polar surface area (TPSA) is 48.1 Å². The van der Waals surface area contributed by atoms with Crippen molar-refractivity contribution in [3.63, 3.8) is 0 Å². The fourth-order valence-electron chi connectivity index (χ4n) is 5.79. The molecule has 43 heavy (non-hydrogen) atoms. The molecule has 0 aliphatic rings. The third-order valence-electron chi connectivity index (χ3n) is 8.61. The van der Waals surface area contributed by atoms with Gasteiger partial charge in [0.05, 0.1) is 12.3 Å². The van der Waals surface area contributed by atoms with Crippen LogP contribution in [0.25, 0.3) is 0 Å². The second-order valence-corrected chi connectivity index (χ2v) is 16.1. The lowest BCUT2D eigenvalue weighted by molar-refractivity contribution is 0.287. The zero-order valence-electron chi connectivity index (χ0n) is 30.5. The molecule has 4 nitrogen and oxygen atoms in total. The van der Waals surface area contributed by atoms with E-state index in [1.54, 1.807) is 0 Å². The average molecular weight is 593 g/mol. The number of nitrogens with one attached hydrogen (secondary N) is 4. The van der Waals surface area contributed by atoms with Crippen LogP contribution in [0, 0.1) is 10.8 Å². The van der Waals surface area contributed by atoms with Gasteiger partial charge in [-0.1, -0.05) is 140 Å². The minimum Gasteiger partial charge on any atom is -0.369 e. The van der Waals surface area contributed by atoms with Gasteiger partial charge in [0.2, 0.25) is 0 Å². The van der Waals surface area contributed by atoms with Gasteiger partial charge in [-0.25, -0.2) is 0 Å². The van der Waals surface area contributed by atoms with Crippen molar-refractivity contribution >= 4 is 11.4 Å². The Morgan fingerprint density at radius 3 is 0.977 bits per heavy atom. The van der Waals surface area contributed by atoms with Crippen LogP contribution in [0.1, 0.15) is 162 Å². The van der Waals surface area contributed by atoms with Crippen molar-refractivity contribution in [2.45, 2.75) is 152 Å². The summed E-state index contributed by atoms with van der Waals surface area (Å²) in [5, 5.41) is 15.7. The molecule has 0 saturated carbocycles. The molecule has 0 saturated heterocycles. The van der Waals surface area contributed by atoms with E-state index in [4.69, 9.17) is 0 Å². The molecule has 2 atom stereocenters. The van der Waals surface area contributed by atoms with Gasteiger partial charge in [-0.3, -0.25) is 10.6 Å². The number of para-hydroxylation sites is 2. The summed E-state index contributed by atoms with van der Waals surface area (Å²) in [6.07, 6.45) is 3.94. The van der Waals surface area contributed by atoms with E-state index in [1.807, 2.05) is 0 Å². The number of rotatable bonds is 16. The second kappa shape index (κ2) is 16.3. The Hall–Kier alpha value is -2.04. The van der Waals surface area contributed by atoms with Crippen LogP contribution < -0.4 is 21.3 Å². The van der Waals surface area contributed by atoms with Crippen LogP contribution in [0.15, 0.2) is 36.4 Å². The molecule has 0 fully saturated rings. The summed E-state index contributed by atoms with van der Waals surface area (Å²) in [7, 11) is 0. The molecule has 2 aromatic carbocycles. The first-order valence-electron chi connectivity index (χ1n) is 17.2. The fraction of sp³-hybridized carbons (Fsp3) is 0.692. The van der Waals surface area contributed by atoms with Crippen LogP contribution in [0.2, 0.25) is 0 Å². The number of unbranched alkanes of at least 4 members (excludes halogenated alkanes) is 2. The zero-order valence-corrected chi connectivity index (χ0v) is 30.5. The van der Waals surface area contributed by atoms with E-state index < -0.39 is 0 Å². The predicted molar refractivity (Wildman–Crippen MR) is 193 cm³/mol. The van der Waals surface area contributed by atoms with Crippen LogP contribution in [0.4, 0.5) is 11.4 Å². The Balaban J connectivity index is 1.99. The summed E-state index contributed by atoms with van der Waals surface area (Å²) in [5.41, 5.74) is 8.46. The molecule has 2 rings (SSSR count). The Morgan fingerprint density at radius 1 is 0.465 bits per heavy atom. The minimum atomic E-state index is 0.0899. The molecule has 4 heteroatoms. The number of hydrogen-bond acceptors (Lipinski definition) is 4. The van der Waals surface area contributed by atoms with E-state index in [2.05, 4.69) is 155 Å².